The molecule has 258 valence electrons. The second-order valence-corrected chi connectivity index (χ2v) is 15.0. The van der Waals surface area contributed by atoms with Crippen LogP contribution >= 0.6 is 0 Å². The maximum atomic E-state index is 5.26. The third-order valence-electron chi connectivity index (χ3n) is 12.0. The Morgan fingerprint density at radius 3 is 1.66 bits per heavy atom. The van der Waals surface area contributed by atoms with Crippen molar-refractivity contribution >= 4 is 92.5 Å². The molecule has 4 aromatic heterocycles. The molecule has 0 unspecified atom stereocenters. The van der Waals surface area contributed by atoms with E-state index >= 15 is 0 Å². The average Bonchev–Trinajstić information content (AvgIpc) is 3.89. The first-order valence-corrected chi connectivity index (χ1v) is 19.2. The van der Waals surface area contributed by atoms with Crippen molar-refractivity contribution in [3.63, 3.8) is 0 Å². The molecule has 0 N–H and O–H groups in total. The number of hydrogen-bond acceptors (Lipinski definition) is 2. The zero-order valence-corrected chi connectivity index (χ0v) is 30.1. The summed E-state index contributed by atoms with van der Waals surface area (Å²) in [5, 5.41) is 12.5. The summed E-state index contributed by atoms with van der Waals surface area (Å²) in [7, 11) is 0. The lowest BCUT2D eigenvalue weighted by Crippen LogP contribution is -1.97. The number of hydrogen-bond donors (Lipinski definition) is 0. The second-order valence-electron chi connectivity index (χ2n) is 15.0. The summed E-state index contributed by atoms with van der Waals surface area (Å²) in [5.41, 5.74) is 12.9. The van der Waals surface area contributed by atoms with E-state index in [4.69, 9.17) is 9.97 Å². The van der Waals surface area contributed by atoms with E-state index in [2.05, 4.69) is 167 Å². The molecule has 0 amide bonds. The molecule has 0 fully saturated rings. The standard InChI is InChI=1S/C52H30N4/c1-2-12-33-27-36(22-21-31(33)11-1)51-50(53-42-17-7-8-18-43(42)54-51)32-23-25-37(26-24-32)55-46-29-35-14-4-3-13-34(35)28-41(46)48-47(55)30-40-38-15-5-9-19-44(38)56-45-20-10-6-16-39(45)49(48)52(40)56/h1-30H. The molecule has 4 nitrogen and oxygen atoms in total. The highest BCUT2D eigenvalue weighted by Gasteiger charge is 2.24. The number of rotatable bonds is 3. The Morgan fingerprint density at radius 1 is 0.339 bits per heavy atom. The smallest absolute Gasteiger partial charge is 0.0973 e. The van der Waals surface area contributed by atoms with Gasteiger partial charge in [-0.3, -0.25) is 0 Å². The van der Waals surface area contributed by atoms with Gasteiger partial charge in [0.15, 0.2) is 0 Å². The van der Waals surface area contributed by atoms with E-state index in [0.29, 0.717) is 0 Å². The summed E-state index contributed by atoms with van der Waals surface area (Å²) in [6.07, 6.45) is 0. The second kappa shape index (κ2) is 11.0. The first kappa shape index (κ1) is 29.8. The van der Waals surface area contributed by atoms with Crippen LogP contribution in [0, 0.1) is 0 Å². The Bertz CT molecular complexity index is 3760. The molecule has 0 aliphatic heterocycles. The molecule has 0 aliphatic carbocycles. The topological polar surface area (TPSA) is 35.1 Å². The van der Waals surface area contributed by atoms with Gasteiger partial charge in [0, 0.05) is 49.1 Å². The molecule has 0 spiro atoms. The minimum atomic E-state index is 0.873. The summed E-state index contributed by atoms with van der Waals surface area (Å²) in [6.45, 7) is 0. The predicted molar refractivity (Wildman–Crippen MR) is 234 cm³/mol. The molecule has 0 bridgehead atoms. The van der Waals surface area contributed by atoms with Crippen molar-refractivity contribution in [3.05, 3.63) is 182 Å². The van der Waals surface area contributed by atoms with Crippen LogP contribution in [0.2, 0.25) is 0 Å². The SMILES string of the molecule is c1ccc2cc(-c3nc4ccccc4nc3-c3ccc(-n4c5cc6ccccc6cc5c5c6c7ccccc7n7c8ccccc8c(cc54)c67)cc3)ccc2c1. The average molecular weight is 711 g/mol. The van der Waals surface area contributed by atoms with Gasteiger partial charge >= 0.3 is 0 Å². The maximum Gasteiger partial charge on any atom is 0.0973 e. The molecule has 0 saturated carbocycles. The van der Waals surface area contributed by atoms with Crippen LogP contribution in [0.4, 0.5) is 0 Å². The highest BCUT2D eigenvalue weighted by Crippen LogP contribution is 2.47. The van der Waals surface area contributed by atoms with Crippen LogP contribution in [-0.4, -0.2) is 18.9 Å². The van der Waals surface area contributed by atoms with Crippen molar-refractivity contribution in [2.75, 3.05) is 0 Å². The number of fused-ring (bicyclic) bond motifs is 13. The first-order chi connectivity index (χ1) is 27.8. The molecular weight excluding hydrogens is 681 g/mol. The lowest BCUT2D eigenvalue weighted by atomic mass is 10.00. The number of aromatic nitrogens is 4. The van der Waals surface area contributed by atoms with Crippen molar-refractivity contribution in [3.8, 4) is 28.2 Å². The van der Waals surface area contributed by atoms with Crippen LogP contribution in [0.1, 0.15) is 0 Å². The normalized spacial score (nSPS) is 12.3. The minimum Gasteiger partial charge on any atom is -0.309 e. The van der Waals surface area contributed by atoms with Gasteiger partial charge in [-0.25, -0.2) is 9.97 Å². The molecule has 13 rings (SSSR count). The van der Waals surface area contributed by atoms with Gasteiger partial charge < -0.3 is 8.97 Å². The molecule has 0 aliphatic rings. The van der Waals surface area contributed by atoms with E-state index in [-0.39, 0.29) is 0 Å². The molecule has 4 heteroatoms. The Kier molecular flexibility index (Phi) is 5.86. The Labute approximate surface area is 320 Å². The van der Waals surface area contributed by atoms with Gasteiger partial charge in [0.05, 0.1) is 50.0 Å². The van der Waals surface area contributed by atoms with Crippen molar-refractivity contribution in [1.29, 1.82) is 0 Å². The molecule has 9 aromatic carbocycles. The third-order valence-corrected chi connectivity index (χ3v) is 12.0. The fourth-order valence-electron chi connectivity index (χ4n) is 9.48. The van der Waals surface area contributed by atoms with Gasteiger partial charge in [0.2, 0.25) is 0 Å². The van der Waals surface area contributed by atoms with Gasteiger partial charge in [0.25, 0.3) is 0 Å². The molecule has 56 heavy (non-hydrogen) atoms. The summed E-state index contributed by atoms with van der Waals surface area (Å²) >= 11 is 0. The van der Waals surface area contributed by atoms with Gasteiger partial charge in [-0.2, -0.15) is 0 Å². The monoisotopic (exact) mass is 710 g/mol. The van der Waals surface area contributed by atoms with Crippen molar-refractivity contribution in [1.82, 2.24) is 18.9 Å². The third kappa shape index (κ3) is 4.02. The molecule has 13 aromatic rings. The highest BCUT2D eigenvalue weighted by molar-refractivity contribution is 6.36. The van der Waals surface area contributed by atoms with Gasteiger partial charge in [-0.1, -0.05) is 121 Å². The summed E-state index contributed by atoms with van der Waals surface area (Å²) in [4.78, 5) is 10.5. The lowest BCUT2D eigenvalue weighted by Gasteiger charge is -2.13. The van der Waals surface area contributed by atoms with Crippen molar-refractivity contribution in [2.45, 2.75) is 0 Å². The van der Waals surface area contributed by atoms with E-state index < -0.39 is 0 Å². The van der Waals surface area contributed by atoms with Crippen LogP contribution in [0.15, 0.2) is 182 Å². The van der Waals surface area contributed by atoms with Crippen LogP contribution in [-0.2, 0) is 0 Å². The van der Waals surface area contributed by atoms with Gasteiger partial charge in [-0.15, -0.1) is 0 Å². The van der Waals surface area contributed by atoms with Crippen LogP contribution in [0.3, 0.4) is 0 Å². The van der Waals surface area contributed by atoms with Crippen LogP contribution in [0.25, 0.3) is 121 Å². The molecule has 4 heterocycles. The van der Waals surface area contributed by atoms with Crippen LogP contribution in [0.5, 0.6) is 0 Å². The zero-order chi connectivity index (χ0) is 36.5. The number of para-hydroxylation sites is 4. The van der Waals surface area contributed by atoms with E-state index in [1.807, 2.05) is 24.3 Å². The van der Waals surface area contributed by atoms with E-state index in [9.17, 15) is 0 Å². The summed E-state index contributed by atoms with van der Waals surface area (Å²) < 4.78 is 4.95. The van der Waals surface area contributed by atoms with Gasteiger partial charge in [-0.05, 0) is 82.2 Å². The molecule has 0 atom stereocenters. The molecular formula is C52H30N4. The fourth-order valence-corrected chi connectivity index (χ4v) is 9.48. The largest absolute Gasteiger partial charge is 0.309 e. The number of nitrogens with zero attached hydrogens (tertiary/aromatic N) is 4. The van der Waals surface area contributed by atoms with Crippen molar-refractivity contribution < 1.29 is 0 Å². The first-order valence-electron chi connectivity index (χ1n) is 19.2. The quantitative estimate of drug-likeness (QED) is 0.183. The highest BCUT2D eigenvalue weighted by atomic mass is 15.0. The minimum absolute atomic E-state index is 0.873. The number of benzene rings is 9. The lowest BCUT2D eigenvalue weighted by molar-refractivity contribution is 1.18. The maximum absolute atomic E-state index is 5.26. The zero-order valence-electron chi connectivity index (χ0n) is 30.1. The van der Waals surface area contributed by atoms with E-state index in [1.165, 1.54) is 81.4 Å². The molecule has 0 saturated heterocycles. The fraction of sp³-hybridized carbons (Fsp3) is 0. The Hall–Kier alpha value is -7.56. The Balaban J connectivity index is 1.10. The van der Waals surface area contributed by atoms with Crippen molar-refractivity contribution in [2.24, 2.45) is 0 Å². The Morgan fingerprint density at radius 2 is 0.911 bits per heavy atom. The molecule has 0 radical (unpaired) electrons. The predicted octanol–water partition coefficient (Wildman–Crippen LogP) is 13.5. The summed E-state index contributed by atoms with van der Waals surface area (Å²) in [5.74, 6) is 0. The van der Waals surface area contributed by atoms with E-state index in [1.54, 1.807) is 0 Å². The van der Waals surface area contributed by atoms with Gasteiger partial charge in [0.1, 0.15) is 0 Å². The van der Waals surface area contributed by atoms with E-state index in [0.717, 1.165) is 39.2 Å². The summed E-state index contributed by atoms with van der Waals surface area (Å²) in [6, 6.07) is 65.8. The van der Waals surface area contributed by atoms with Crippen LogP contribution < -0.4 is 0 Å².